The fraction of sp³-hybridized carbons (Fsp3) is 0.238. The number of nitrogens with zero attached hydrogens (tertiary/aromatic N) is 4. The lowest BCUT2D eigenvalue weighted by atomic mass is 10.2. The zero-order chi connectivity index (χ0) is 19.1. The summed E-state index contributed by atoms with van der Waals surface area (Å²) < 4.78 is 0. The second-order valence-electron chi connectivity index (χ2n) is 6.49. The fourth-order valence-corrected chi connectivity index (χ4v) is 2.67. The molecule has 3 rings (SSSR count). The Morgan fingerprint density at radius 1 is 1.00 bits per heavy atom. The van der Waals surface area contributed by atoms with Crippen LogP contribution in [0.25, 0.3) is 0 Å². The topological polar surface area (TPSA) is 71.0 Å². The van der Waals surface area contributed by atoms with E-state index in [1.54, 1.807) is 12.3 Å². The first-order chi connectivity index (χ1) is 13.1. The molecule has 0 unspecified atom stereocenters. The Balaban J connectivity index is 1.66. The summed E-state index contributed by atoms with van der Waals surface area (Å²) in [5, 5.41) is 11.2. The predicted octanol–water partition coefficient (Wildman–Crippen LogP) is 3.22. The van der Waals surface area contributed by atoms with Crippen molar-refractivity contribution >= 4 is 11.7 Å². The molecule has 0 aliphatic carbocycles. The Bertz CT molecular complexity index is 851. The lowest BCUT2D eigenvalue weighted by Gasteiger charge is -2.27. The summed E-state index contributed by atoms with van der Waals surface area (Å²) in [6.45, 7) is 5.31. The van der Waals surface area contributed by atoms with Gasteiger partial charge in [-0.25, -0.2) is 0 Å². The molecule has 2 heterocycles. The van der Waals surface area contributed by atoms with E-state index in [0.717, 1.165) is 18.1 Å². The van der Waals surface area contributed by atoms with Crippen LogP contribution >= 0.6 is 0 Å². The number of rotatable bonds is 7. The highest BCUT2D eigenvalue weighted by Gasteiger charge is 2.15. The second-order valence-corrected chi connectivity index (χ2v) is 6.49. The molecule has 2 aromatic heterocycles. The van der Waals surface area contributed by atoms with Gasteiger partial charge in [-0.1, -0.05) is 36.4 Å². The first kappa shape index (κ1) is 18.5. The molecule has 1 N–H and O–H groups in total. The molecule has 1 aromatic carbocycles. The Kier molecular flexibility index (Phi) is 6.10. The van der Waals surface area contributed by atoms with Crippen molar-refractivity contribution < 1.29 is 4.79 Å². The number of anilines is 1. The van der Waals surface area contributed by atoms with Gasteiger partial charge in [0, 0.05) is 18.8 Å². The molecule has 27 heavy (non-hydrogen) atoms. The molecular weight excluding hydrogens is 338 g/mol. The normalized spacial score (nSPS) is 10.6. The zero-order valence-corrected chi connectivity index (χ0v) is 15.5. The zero-order valence-electron chi connectivity index (χ0n) is 15.5. The van der Waals surface area contributed by atoms with Crippen molar-refractivity contribution in [1.29, 1.82) is 0 Å². The molecule has 0 aliphatic rings. The first-order valence-electron chi connectivity index (χ1n) is 8.96. The van der Waals surface area contributed by atoms with E-state index in [9.17, 15) is 4.79 Å². The molecule has 0 bridgehead atoms. The smallest absolute Gasteiger partial charge is 0.272 e. The van der Waals surface area contributed by atoms with Gasteiger partial charge in [-0.3, -0.25) is 9.78 Å². The number of hydrogen-bond donors (Lipinski definition) is 1. The highest BCUT2D eigenvalue weighted by molar-refractivity contribution is 5.92. The fourth-order valence-electron chi connectivity index (χ4n) is 2.67. The molecule has 0 fully saturated rings. The third-order valence-corrected chi connectivity index (χ3v) is 4.15. The van der Waals surface area contributed by atoms with Crippen LogP contribution in [0.3, 0.4) is 0 Å². The van der Waals surface area contributed by atoms with Gasteiger partial charge in [0.1, 0.15) is 0 Å². The molecule has 0 radical (unpaired) electrons. The predicted molar refractivity (Wildman–Crippen MR) is 105 cm³/mol. The molecule has 0 aliphatic heterocycles. The highest BCUT2D eigenvalue weighted by atomic mass is 16.1. The van der Waals surface area contributed by atoms with Crippen LogP contribution in [-0.2, 0) is 13.1 Å². The van der Waals surface area contributed by atoms with Crippen molar-refractivity contribution in [2.24, 2.45) is 0 Å². The van der Waals surface area contributed by atoms with Crippen LogP contribution in [0.4, 0.5) is 5.82 Å². The number of amides is 1. The van der Waals surface area contributed by atoms with Crippen LogP contribution in [0.1, 0.15) is 35.6 Å². The summed E-state index contributed by atoms with van der Waals surface area (Å²) in [7, 11) is 0. The number of carbonyl (C=O) groups excluding carboxylic acids is 1. The Hall–Kier alpha value is -3.28. The van der Waals surface area contributed by atoms with Crippen molar-refractivity contribution in [2.45, 2.75) is 33.0 Å². The molecule has 1 amide bonds. The van der Waals surface area contributed by atoms with E-state index in [0.29, 0.717) is 6.54 Å². The largest absolute Gasteiger partial charge is 0.348 e. The minimum Gasteiger partial charge on any atom is -0.348 e. The van der Waals surface area contributed by atoms with Crippen LogP contribution in [0.5, 0.6) is 0 Å². The number of pyridine rings is 1. The number of carbonyl (C=O) groups is 1. The number of benzene rings is 1. The third-order valence-electron chi connectivity index (χ3n) is 4.15. The van der Waals surface area contributed by atoms with E-state index >= 15 is 0 Å². The van der Waals surface area contributed by atoms with Crippen molar-refractivity contribution in [1.82, 2.24) is 20.5 Å². The van der Waals surface area contributed by atoms with E-state index in [2.05, 4.69) is 51.4 Å². The van der Waals surface area contributed by atoms with Crippen LogP contribution < -0.4 is 10.2 Å². The number of hydrogen-bond acceptors (Lipinski definition) is 5. The van der Waals surface area contributed by atoms with Crippen LogP contribution in [0.2, 0.25) is 0 Å². The highest BCUT2D eigenvalue weighted by Crippen LogP contribution is 2.17. The quantitative estimate of drug-likeness (QED) is 0.700. The Labute approximate surface area is 159 Å². The van der Waals surface area contributed by atoms with Gasteiger partial charge in [0.05, 0.1) is 12.2 Å². The summed E-state index contributed by atoms with van der Waals surface area (Å²) in [6, 6.07) is 19.6. The summed E-state index contributed by atoms with van der Waals surface area (Å²) in [5.41, 5.74) is 2.28. The molecule has 138 valence electrons. The van der Waals surface area contributed by atoms with E-state index in [-0.39, 0.29) is 17.6 Å². The van der Waals surface area contributed by atoms with E-state index in [1.807, 2.05) is 42.5 Å². The van der Waals surface area contributed by atoms with E-state index < -0.39 is 0 Å². The molecule has 0 atom stereocenters. The summed E-state index contributed by atoms with van der Waals surface area (Å²) in [6.07, 6.45) is 1.70. The van der Waals surface area contributed by atoms with Gasteiger partial charge in [-0.05, 0) is 43.7 Å². The molecule has 0 spiro atoms. The minimum absolute atomic E-state index is 0.253. The second kappa shape index (κ2) is 8.89. The monoisotopic (exact) mass is 361 g/mol. The minimum atomic E-state index is -0.265. The van der Waals surface area contributed by atoms with Crippen LogP contribution in [-0.4, -0.2) is 27.1 Å². The average molecular weight is 361 g/mol. The van der Waals surface area contributed by atoms with Gasteiger partial charge >= 0.3 is 0 Å². The van der Waals surface area contributed by atoms with E-state index in [4.69, 9.17) is 0 Å². The molecule has 0 saturated heterocycles. The van der Waals surface area contributed by atoms with Crippen molar-refractivity contribution in [3.05, 3.63) is 83.8 Å². The van der Waals surface area contributed by atoms with Gasteiger partial charge in [-0.2, -0.15) is 0 Å². The summed E-state index contributed by atoms with van der Waals surface area (Å²) >= 11 is 0. The average Bonchev–Trinajstić information content (AvgIpc) is 2.72. The van der Waals surface area contributed by atoms with Gasteiger partial charge in [0.2, 0.25) is 0 Å². The lowest BCUT2D eigenvalue weighted by Crippen LogP contribution is -2.31. The van der Waals surface area contributed by atoms with Gasteiger partial charge < -0.3 is 10.2 Å². The maximum absolute atomic E-state index is 12.3. The Morgan fingerprint density at radius 2 is 1.78 bits per heavy atom. The first-order valence-corrected chi connectivity index (χ1v) is 8.96. The lowest BCUT2D eigenvalue weighted by molar-refractivity contribution is 0.0944. The summed E-state index contributed by atoms with van der Waals surface area (Å²) in [4.78, 5) is 18.6. The maximum atomic E-state index is 12.3. The SMILES string of the molecule is CC(C)N(Cc1ccccc1)c1ccc(C(=O)NCc2ccccn2)nn1. The van der Waals surface area contributed by atoms with Gasteiger partial charge in [0.25, 0.3) is 5.91 Å². The Morgan fingerprint density at radius 3 is 2.41 bits per heavy atom. The molecule has 6 heteroatoms. The van der Waals surface area contributed by atoms with Crippen molar-refractivity contribution in [2.75, 3.05) is 4.90 Å². The van der Waals surface area contributed by atoms with E-state index in [1.165, 1.54) is 5.56 Å². The summed E-state index contributed by atoms with van der Waals surface area (Å²) in [5.74, 6) is 0.481. The van der Waals surface area contributed by atoms with Crippen molar-refractivity contribution in [3.63, 3.8) is 0 Å². The molecular formula is C21H23N5O. The van der Waals surface area contributed by atoms with Gasteiger partial charge in [0.15, 0.2) is 11.5 Å². The molecule has 0 saturated carbocycles. The van der Waals surface area contributed by atoms with Crippen molar-refractivity contribution in [3.8, 4) is 0 Å². The van der Waals surface area contributed by atoms with Crippen LogP contribution in [0.15, 0.2) is 66.9 Å². The third kappa shape index (κ3) is 5.10. The van der Waals surface area contributed by atoms with Gasteiger partial charge in [-0.15, -0.1) is 10.2 Å². The van der Waals surface area contributed by atoms with Crippen LogP contribution in [0, 0.1) is 0 Å². The molecule has 6 nitrogen and oxygen atoms in total. The molecule has 3 aromatic rings. The number of aromatic nitrogens is 3. The number of nitrogens with one attached hydrogen (secondary N) is 1. The maximum Gasteiger partial charge on any atom is 0.272 e. The standard InChI is InChI=1S/C21H23N5O/c1-16(2)26(15-17-8-4-3-5-9-17)20-12-11-19(24-25-20)21(27)23-14-18-10-6-7-13-22-18/h3-13,16H,14-15H2,1-2H3,(H,23,27).